The summed E-state index contributed by atoms with van der Waals surface area (Å²) in [6.45, 7) is -1.58. The summed E-state index contributed by atoms with van der Waals surface area (Å²) >= 11 is 0. The lowest BCUT2D eigenvalue weighted by Crippen LogP contribution is -2.55. The number of aromatic nitrogens is 1. The summed E-state index contributed by atoms with van der Waals surface area (Å²) in [5.41, 5.74) is -0.710. The minimum absolute atomic E-state index is 0.325. The van der Waals surface area contributed by atoms with Crippen molar-refractivity contribution in [2.45, 2.75) is 24.2 Å². The average Bonchev–Trinajstić information content (AvgIpc) is 2.67. The van der Waals surface area contributed by atoms with E-state index in [4.69, 9.17) is 0 Å². The first-order valence-electron chi connectivity index (χ1n) is 8.38. The average molecular weight is 373 g/mol. The van der Waals surface area contributed by atoms with Gasteiger partial charge in [0.05, 0.1) is 56.4 Å². The second-order valence-corrected chi connectivity index (χ2v) is 6.77. The van der Waals surface area contributed by atoms with Crippen molar-refractivity contribution in [2.75, 3.05) is 53.7 Å². The molecule has 0 aliphatic rings. The third-order valence-electron chi connectivity index (χ3n) is 5.09. The molecular weight excluding hydrogens is 342 g/mol. The first-order valence-corrected chi connectivity index (χ1v) is 8.38. The fraction of sp³-hybridized carbons (Fsp3) is 0.706. The number of aliphatic hydroxyl groups is 6. The van der Waals surface area contributed by atoms with Gasteiger partial charge < -0.3 is 30.6 Å². The lowest BCUT2D eigenvalue weighted by atomic mass is 10.0. The van der Waals surface area contributed by atoms with Crippen LogP contribution in [0.25, 0.3) is 0 Å². The van der Waals surface area contributed by atoms with Gasteiger partial charge in [-0.25, -0.2) is 0 Å². The van der Waals surface area contributed by atoms with Gasteiger partial charge >= 0.3 is 0 Å². The molecule has 1 rings (SSSR count). The molecule has 0 saturated heterocycles. The largest absolute Gasteiger partial charge is 0.394 e. The summed E-state index contributed by atoms with van der Waals surface area (Å²) in [4.78, 5) is 7.67. The Morgan fingerprint density at radius 2 is 1.15 bits per heavy atom. The van der Waals surface area contributed by atoms with Gasteiger partial charge in [-0.05, 0) is 25.7 Å². The van der Waals surface area contributed by atoms with Crippen LogP contribution in [0.5, 0.6) is 0 Å². The number of hydrogen-bond acceptors (Lipinski definition) is 9. The Balaban J connectivity index is 2.80. The molecule has 0 fully saturated rings. The molecule has 0 aliphatic carbocycles. The van der Waals surface area contributed by atoms with E-state index in [1.807, 2.05) is 6.07 Å². The van der Waals surface area contributed by atoms with Crippen molar-refractivity contribution in [3.8, 4) is 0 Å². The monoisotopic (exact) mass is 373 g/mol. The zero-order chi connectivity index (χ0) is 19.8. The Kier molecular flexibility index (Phi) is 9.01. The molecule has 0 bridgehead atoms. The van der Waals surface area contributed by atoms with E-state index in [9.17, 15) is 30.6 Å². The maximum Gasteiger partial charge on any atom is 0.0907 e. The number of rotatable bonds is 12. The van der Waals surface area contributed by atoms with Crippen molar-refractivity contribution in [3.05, 3.63) is 29.6 Å². The van der Waals surface area contributed by atoms with Gasteiger partial charge in [0.2, 0.25) is 0 Å². The number of likely N-dealkylation sites (N-methyl/N-ethyl adjacent to an activating group) is 2. The Labute approximate surface area is 153 Å². The smallest absolute Gasteiger partial charge is 0.0907 e. The van der Waals surface area contributed by atoms with Crippen molar-refractivity contribution >= 4 is 0 Å². The van der Waals surface area contributed by atoms with Crippen LogP contribution in [0.1, 0.15) is 11.3 Å². The second-order valence-electron chi connectivity index (χ2n) is 6.77. The molecule has 0 unspecified atom stereocenters. The Bertz CT molecular complexity index is 456. The molecule has 0 radical (unpaired) electrons. The fourth-order valence-electron chi connectivity index (χ4n) is 2.52. The van der Waals surface area contributed by atoms with Crippen LogP contribution in [0.15, 0.2) is 18.3 Å². The van der Waals surface area contributed by atoms with Crippen molar-refractivity contribution in [3.63, 3.8) is 0 Å². The molecule has 0 aromatic carbocycles. The Morgan fingerprint density at radius 1 is 0.731 bits per heavy atom. The van der Waals surface area contributed by atoms with E-state index in [2.05, 4.69) is 4.98 Å². The topological polar surface area (TPSA) is 141 Å². The van der Waals surface area contributed by atoms with Gasteiger partial charge in [-0.1, -0.05) is 6.07 Å². The molecule has 0 atom stereocenters. The quantitative estimate of drug-likeness (QED) is 0.232. The SMILES string of the molecule is CN(Cc1ccc(CN(C)C(CO)(CO)CO)nc1)C(CO)(CO)CO. The highest BCUT2D eigenvalue weighted by Gasteiger charge is 2.34. The third-order valence-corrected chi connectivity index (χ3v) is 5.09. The van der Waals surface area contributed by atoms with Crippen LogP contribution >= 0.6 is 0 Å². The predicted octanol–water partition coefficient (Wildman–Crippen LogP) is -2.62. The molecule has 150 valence electrons. The highest BCUT2D eigenvalue weighted by Crippen LogP contribution is 2.18. The van der Waals surface area contributed by atoms with Crippen molar-refractivity contribution in [2.24, 2.45) is 0 Å². The minimum atomic E-state index is -1.12. The van der Waals surface area contributed by atoms with Crippen molar-refractivity contribution in [1.29, 1.82) is 0 Å². The first-order chi connectivity index (χ1) is 12.4. The Hall–Kier alpha value is -1.17. The zero-order valence-electron chi connectivity index (χ0n) is 15.4. The maximum absolute atomic E-state index is 9.47. The normalized spacial score (nSPS) is 13.0. The minimum Gasteiger partial charge on any atom is -0.394 e. The number of aliphatic hydroxyl groups excluding tert-OH is 6. The summed E-state index contributed by atoms with van der Waals surface area (Å²) in [6.07, 6.45) is 1.65. The molecule has 1 aromatic heterocycles. The van der Waals surface area contributed by atoms with Gasteiger partial charge in [0, 0.05) is 19.3 Å². The highest BCUT2D eigenvalue weighted by atomic mass is 16.3. The molecule has 1 heterocycles. The molecule has 0 saturated carbocycles. The summed E-state index contributed by atoms with van der Waals surface area (Å²) in [5, 5.41) is 56.8. The van der Waals surface area contributed by atoms with Gasteiger partial charge in [-0.3, -0.25) is 14.8 Å². The van der Waals surface area contributed by atoms with E-state index in [1.165, 1.54) is 0 Å². The van der Waals surface area contributed by atoms with Crippen molar-refractivity contribution in [1.82, 2.24) is 14.8 Å². The van der Waals surface area contributed by atoms with Crippen LogP contribution < -0.4 is 0 Å². The molecule has 9 nitrogen and oxygen atoms in total. The van der Waals surface area contributed by atoms with Crippen molar-refractivity contribution < 1.29 is 30.6 Å². The fourth-order valence-corrected chi connectivity index (χ4v) is 2.52. The molecule has 6 N–H and O–H groups in total. The van der Waals surface area contributed by atoms with E-state index in [0.717, 1.165) is 5.56 Å². The van der Waals surface area contributed by atoms with Crippen LogP contribution in [0, 0.1) is 0 Å². The molecule has 1 aromatic rings. The maximum atomic E-state index is 9.47. The first kappa shape index (κ1) is 22.9. The van der Waals surface area contributed by atoms with E-state index < -0.39 is 11.1 Å². The number of hydrogen-bond donors (Lipinski definition) is 6. The van der Waals surface area contributed by atoms with Gasteiger partial charge in [0.1, 0.15) is 0 Å². The predicted molar refractivity (Wildman–Crippen MR) is 95.1 cm³/mol. The highest BCUT2D eigenvalue weighted by molar-refractivity contribution is 5.15. The van der Waals surface area contributed by atoms with Crippen LogP contribution in [-0.2, 0) is 13.1 Å². The molecule has 26 heavy (non-hydrogen) atoms. The van der Waals surface area contributed by atoms with Gasteiger partial charge in [-0.15, -0.1) is 0 Å². The molecule has 0 spiro atoms. The lowest BCUT2D eigenvalue weighted by molar-refractivity contribution is -0.0397. The summed E-state index contributed by atoms with van der Waals surface area (Å²) in [6, 6.07) is 3.62. The van der Waals surface area contributed by atoms with E-state index in [1.54, 1.807) is 36.2 Å². The number of nitrogens with zero attached hydrogens (tertiary/aromatic N) is 3. The zero-order valence-corrected chi connectivity index (χ0v) is 15.4. The lowest BCUT2D eigenvalue weighted by Gasteiger charge is -2.37. The van der Waals surface area contributed by atoms with Crippen LogP contribution in [0.3, 0.4) is 0 Å². The van der Waals surface area contributed by atoms with Gasteiger partial charge in [0.25, 0.3) is 0 Å². The molecular formula is C17H31N3O6. The molecule has 0 aliphatic heterocycles. The molecule has 9 heteroatoms. The molecule has 0 amide bonds. The summed E-state index contributed by atoms with van der Waals surface area (Å²) < 4.78 is 0. The van der Waals surface area contributed by atoms with E-state index >= 15 is 0 Å². The van der Waals surface area contributed by atoms with Gasteiger partial charge in [0.15, 0.2) is 0 Å². The van der Waals surface area contributed by atoms with Crippen LogP contribution in [0.4, 0.5) is 0 Å². The standard InChI is InChI=1S/C17H31N3O6/c1-19(16(8-21,9-22)10-23)6-14-3-4-15(18-5-14)7-20(2)17(11-24,12-25)13-26/h3-5,21-26H,6-13H2,1-2H3. The van der Waals surface area contributed by atoms with Crippen LogP contribution in [-0.4, -0.2) is 110 Å². The summed E-state index contributed by atoms with van der Waals surface area (Å²) in [7, 11) is 3.38. The second kappa shape index (κ2) is 10.2. The summed E-state index contributed by atoms with van der Waals surface area (Å²) in [5.74, 6) is 0. The van der Waals surface area contributed by atoms with Crippen LogP contribution in [0.2, 0.25) is 0 Å². The van der Waals surface area contributed by atoms with E-state index in [-0.39, 0.29) is 39.6 Å². The Morgan fingerprint density at radius 3 is 1.50 bits per heavy atom. The third kappa shape index (κ3) is 4.96. The number of pyridine rings is 1. The van der Waals surface area contributed by atoms with Gasteiger partial charge in [-0.2, -0.15) is 0 Å². The van der Waals surface area contributed by atoms with E-state index in [0.29, 0.717) is 18.8 Å².